The summed E-state index contributed by atoms with van der Waals surface area (Å²) in [7, 11) is 1.62. The van der Waals surface area contributed by atoms with Gasteiger partial charge in [0.15, 0.2) is 0 Å². The Balaban J connectivity index is 2.04. The van der Waals surface area contributed by atoms with Gasteiger partial charge in [0.1, 0.15) is 5.75 Å². The first-order chi connectivity index (χ1) is 9.85. The largest absolute Gasteiger partial charge is 0.496 e. The Morgan fingerprint density at radius 1 is 1.29 bits per heavy atom. The van der Waals surface area contributed by atoms with Crippen LogP contribution in [0.3, 0.4) is 0 Å². The van der Waals surface area contributed by atoms with E-state index in [0.717, 1.165) is 11.3 Å². The fourth-order valence-corrected chi connectivity index (χ4v) is 2.54. The van der Waals surface area contributed by atoms with Crippen molar-refractivity contribution in [3.8, 4) is 5.75 Å². The quantitative estimate of drug-likeness (QED) is 0.915. The third-order valence-corrected chi connectivity index (χ3v) is 3.91. The number of nitrogens with zero attached hydrogens (tertiary/aromatic N) is 1. The van der Waals surface area contributed by atoms with Gasteiger partial charge in [0.05, 0.1) is 18.6 Å². The molecule has 0 atom stereocenters. The molecule has 1 saturated heterocycles. The Labute approximate surface area is 125 Å². The van der Waals surface area contributed by atoms with Gasteiger partial charge in [0, 0.05) is 25.6 Å². The van der Waals surface area contributed by atoms with E-state index in [9.17, 15) is 9.59 Å². The number of benzene rings is 1. The number of ether oxygens (including phenoxy) is 1. The molecule has 0 aliphatic carbocycles. The number of likely N-dealkylation sites (tertiary alicyclic amines) is 1. The number of carbonyl (C=O) groups is 2. The van der Waals surface area contributed by atoms with Gasteiger partial charge in [-0.2, -0.15) is 0 Å². The molecular formula is C16H22N2O3. The van der Waals surface area contributed by atoms with Crippen molar-refractivity contribution in [2.24, 2.45) is 5.92 Å². The topological polar surface area (TPSA) is 58.6 Å². The van der Waals surface area contributed by atoms with Crippen LogP contribution in [-0.4, -0.2) is 36.9 Å². The molecule has 5 heteroatoms. The van der Waals surface area contributed by atoms with Gasteiger partial charge in [-0.05, 0) is 19.9 Å². The Morgan fingerprint density at radius 2 is 1.90 bits per heavy atom. The lowest BCUT2D eigenvalue weighted by Crippen LogP contribution is -2.57. The van der Waals surface area contributed by atoms with Crippen LogP contribution < -0.4 is 10.1 Å². The molecule has 0 spiro atoms. The van der Waals surface area contributed by atoms with Crippen LogP contribution in [0, 0.1) is 5.92 Å². The minimum absolute atomic E-state index is 0.0167. The average Bonchev–Trinajstić information content (AvgIpc) is 2.35. The van der Waals surface area contributed by atoms with E-state index in [2.05, 4.69) is 5.32 Å². The number of nitrogens with one attached hydrogen (secondary N) is 1. The monoisotopic (exact) mass is 290 g/mol. The number of rotatable bonds is 4. The SMILES string of the molecule is COc1ccccc1C(C)(C)NC(=O)C1CN(C(C)=O)C1. The van der Waals surface area contributed by atoms with Crippen molar-refractivity contribution in [3.63, 3.8) is 0 Å². The third kappa shape index (κ3) is 3.17. The highest BCUT2D eigenvalue weighted by Gasteiger charge is 2.37. The van der Waals surface area contributed by atoms with E-state index < -0.39 is 5.54 Å². The van der Waals surface area contributed by atoms with Gasteiger partial charge >= 0.3 is 0 Å². The van der Waals surface area contributed by atoms with Crippen LogP contribution in [-0.2, 0) is 15.1 Å². The molecule has 1 fully saturated rings. The number of amides is 2. The molecule has 114 valence electrons. The smallest absolute Gasteiger partial charge is 0.227 e. The summed E-state index contributed by atoms with van der Waals surface area (Å²) >= 11 is 0. The van der Waals surface area contributed by atoms with E-state index in [1.165, 1.54) is 6.92 Å². The fraction of sp³-hybridized carbons (Fsp3) is 0.500. The molecule has 1 aliphatic heterocycles. The van der Waals surface area contributed by atoms with Crippen molar-refractivity contribution >= 4 is 11.8 Å². The van der Waals surface area contributed by atoms with Crippen LogP contribution in [0.4, 0.5) is 0 Å². The lowest BCUT2D eigenvalue weighted by molar-refractivity contribution is -0.142. The number of para-hydroxylation sites is 1. The summed E-state index contributed by atoms with van der Waals surface area (Å²) in [5.74, 6) is 0.621. The van der Waals surface area contributed by atoms with Crippen LogP contribution in [0.1, 0.15) is 26.3 Å². The summed E-state index contributed by atoms with van der Waals surface area (Å²) in [6.45, 7) is 6.42. The first-order valence-electron chi connectivity index (χ1n) is 7.06. The predicted octanol–water partition coefficient (Wildman–Crippen LogP) is 1.52. The number of methoxy groups -OCH3 is 1. The summed E-state index contributed by atoms with van der Waals surface area (Å²) in [5.41, 5.74) is 0.406. The van der Waals surface area contributed by atoms with E-state index in [-0.39, 0.29) is 17.7 Å². The minimum atomic E-state index is -0.527. The zero-order chi connectivity index (χ0) is 15.6. The number of hydrogen-bond acceptors (Lipinski definition) is 3. The molecule has 0 bridgehead atoms. The van der Waals surface area contributed by atoms with Crippen molar-refractivity contribution in [2.45, 2.75) is 26.3 Å². The summed E-state index contributed by atoms with van der Waals surface area (Å²) in [5, 5.41) is 3.05. The van der Waals surface area contributed by atoms with Crippen LogP contribution in [0.25, 0.3) is 0 Å². The molecular weight excluding hydrogens is 268 g/mol. The molecule has 1 aliphatic rings. The zero-order valence-corrected chi connectivity index (χ0v) is 13.0. The van der Waals surface area contributed by atoms with E-state index >= 15 is 0 Å². The lowest BCUT2D eigenvalue weighted by Gasteiger charge is -2.39. The second-order valence-corrected chi connectivity index (χ2v) is 5.94. The molecule has 1 aromatic rings. The molecule has 2 amide bonds. The van der Waals surface area contributed by atoms with E-state index in [0.29, 0.717) is 13.1 Å². The van der Waals surface area contributed by atoms with Crippen molar-refractivity contribution in [1.82, 2.24) is 10.2 Å². The fourth-order valence-electron chi connectivity index (χ4n) is 2.54. The van der Waals surface area contributed by atoms with Crippen molar-refractivity contribution in [1.29, 1.82) is 0 Å². The van der Waals surface area contributed by atoms with Crippen LogP contribution in [0.5, 0.6) is 5.75 Å². The molecule has 5 nitrogen and oxygen atoms in total. The second kappa shape index (κ2) is 5.76. The van der Waals surface area contributed by atoms with Crippen molar-refractivity contribution in [3.05, 3.63) is 29.8 Å². The van der Waals surface area contributed by atoms with Crippen molar-refractivity contribution < 1.29 is 14.3 Å². The molecule has 0 saturated carbocycles. The molecule has 1 N–H and O–H groups in total. The Hall–Kier alpha value is -2.04. The van der Waals surface area contributed by atoms with Gasteiger partial charge in [-0.25, -0.2) is 0 Å². The van der Waals surface area contributed by atoms with Crippen LogP contribution in [0.15, 0.2) is 24.3 Å². The van der Waals surface area contributed by atoms with Crippen LogP contribution >= 0.6 is 0 Å². The maximum atomic E-state index is 12.3. The summed E-state index contributed by atoms with van der Waals surface area (Å²) in [6.07, 6.45) is 0. The van der Waals surface area contributed by atoms with E-state index in [1.54, 1.807) is 12.0 Å². The van der Waals surface area contributed by atoms with Gasteiger partial charge in [-0.15, -0.1) is 0 Å². The van der Waals surface area contributed by atoms with Crippen molar-refractivity contribution in [2.75, 3.05) is 20.2 Å². The Morgan fingerprint density at radius 3 is 2.48 bits per heavy atom. The summed E-state index contributed by atoms with van der Waals surface area (Å²) in [6, 6.07) is 7.65. The Kier molecular flexibility index (Phi) is 4.21. The molecule has 0 unspecified atom stereocenters. The number of hydrogen-bond donors (Lipinski definition) is 1. The first kappa shape index (κ1) is 15.4. The maximum Gasteiger partial charge on any atom is 0.227 e. The minimum Gasteiger partial charge on any atom is -0.496 e. The van der Waals surface area contributed by atoms with Gasteiger partial charge < -0.3 is 15.0 Å². The number of carbonyl (C=O) groups excluding carboxylic acids is 2. The highest BCUT2D eigenvalue weighted by atomic mass is 16.5. The van der Waals surface area contributed by atoms with E-state index in [1.807, 2.05) is 38.1 Å². The summed E-state index contributed by atoms with van der Waals surface area (Å²) in [4.78, 5) is 25.1. The van der Waals surface area contributed by atoms with Gasteiger partial charge in [0.25, 0.3) is 0 Å². The highest BCUT2D eigenvalue weighted by molar-refractivity contribution is 5.84. The second-order valence-electron chi connectivity index (χ2n) is 5.94. The molecule has 1 aromatic carbocycles. The predicted molar refractivity (Wildman–Crippen MR) is 79.9 cm³/mol. The first-order valence-corrected chi connectivity index (χ1v) is 7.06. The van der Waals surface area contributed by atoms with E-state index in [4.69, 9.17) is 4.74 Å². The lowest BCUT2D eigenvalue weighted by atomic mass is 9.91. The molecule has 2 rings (SSSR count). The summed E-state index contributed by atoms with van der Waals surface area (Å²) < 4.78 is 5.36. The van der Waals surface area contributed by atoms with Gasteiger partial charge in [0.2, 0.25) is 11.8 Å². The molecule has 0 aromatic heterocycles. The maximum absolute atomic E-state index is 12.3. The molecule has 21 heavy (non-hydrogen) atoms. The average molecular weight is 290 g/mol. The standard InChI is InChI=1S/C16H22N2O3/c1-11(19)18-9-12(10-18)15(20)17-16(2,3)13-7-5-6-8-14(13)21-4/h5-8,12H,9-10H2,1-4H3,(H,17,20). The van der Waals surface area contributed by atoms with Gasteiger partial charge in [-0.3, -0.25) is 9.59 Å². The normalized spacial score (nSPS) is 15.3. The van der Waals surface area contributed by atoms with Gasteiger partial charge in [-0.1, -0.05) is 18.2 Å². The van der Waals surface area contributed by atoms with Crippen LogP contribution in [0.2, 0.25) is 0 Å². The molecule has 1 heterocycles. The molecule has 0 radical (unpaired) electrons. The third-order valence-electron chi connectivity index (χ3n) is 3.91. The Bertz CT molecular complexity index is 548. The zero-order valence-electron chi connectivity index (χ0n) is 13.0. The highest BCUT2D eigenvalue weighted by Crippen LogP contribution is 2.30.